The number of hydrogen-bond donors (Lipinski definition) is 2. The van der Waals surface area contributed by atoms with Crippen molar-refractivity contribution in [2.75, 3.05) is 26.2 Å². The molecule has 1 spiro atoms. The minimum Gasteiger partial charge on any atom is -0.389 e. The highest BCUT2D eigenvalue weighted by atomic mass is 32.2. The summed E-state index contributed by atoms with van der Waals surface area (Å²) < 4.78 is 32.6. The van der Waals surface area contributed by atoms with Crippen LogP contribution in [0.3, 0.4) is 0 Å². The highest BCUT2D eigenvalue weighted by Crippen LogP contribution is 2.29. The fourth-order valence-electron chi connectivity index (χ4n) is 3.05. The molecule has 2 fully saturated rings. The number of aliphatic hydroxyl groups excluding tert-OH is 1. The molecule has 2 aliphatic heterocycles. The van der Waals surface area contributed by atoms with Gasteiger partial charge in [0.2, 0.25) is 10.0 Å². The molecule has 0 aliphatic carbocycles. The van der Waals surface area contributed by atoms with Crippen molar-refractivity contribution in [2.45, 2.75) is 50.3 Å². The molecule has 1 atom stereocenters. The van der Waals surface area contributed by atoms with Crippen LogP contribution in [0, 0.1) is 0 Å². The number of hydrogen-bond acceptors (Lipinski definition) is 5. The smallest absolute Gasteiger partial charge is 0.243 e. The number of aliphatic hydroxyl groups is 1. The second-order valence-electron chi connectivity index (χ2n) is 5.92. The van der Waals surface area contributed by atoms with E-state index in [4.69, 9.17) is 4.74 Å². The van der Waals surface area contributed by atoms with Crippen LogP contribution in [0.15, 0.2) is 29.2 Å². The lowest BCUT2D eigenvalue weighted by molar-refractivity contribution is -0.0445. The van der Waals surface area contributed by atoms with Crippen molar-refractivity contribution in [3.63, 3.8) is 0 Å². The molecule has 0 bridgehead atoms. The van der Waals surface area contributed by atoms with Crippen molar-refractivity contribution in [1.29, 1.82) is 0 Å². The van der Waals surface area contributed by atoms with Gasteiger partial charge in [-0.1, -0.05) is 26.0 Å². The summed E-state index contributed by atoms with van der Waals surface area (Å²) in [6.07, 6.45) is 0.730. The Labute approximate surface area is 144 Å². The Bertz CT molecular complexity index is 612. The highest BCUT2D eigenvalue weighted by molar-refractivity contribution is 7.89. The van der Waals surface area contributed by atoms with Gasteiger partial charge in [-0.15, -0.1) is 0 Å². The molecule has 0 radical (unpaired) electrons. The van der Waals surface area contributed by atoms with E-state index in [9.17, 15) is 13.5 Å². The molecule has 0 amide bonds. The Morgan fingerprint density at radius 2 is 1.79 bits per heavy atom. The topological polar surface area (TPSA) is 78.9 Å². The predicted molar refractivity (Wildman–Crippen MR) is 93.1 cm³/mol. The number of ether oxygens (including phenoxy) is 1. The summed E-state index contributed by atoms with van der Waals surface area (Å²) >= 11 is 0. The molecular weight excluding hydrogens is 328 g/mol. The molecule has 1 aromatic rings. The van der Waals surface area contributed by atoms with E-state index < -0.39 is 16.1 Å². The van der Waals surface area contributed by atoms with Gasteiger partial charge in [0, 0.05) is 32.5 Å². The van der Waals surface area contributed by atoms with Crippen molar-refractivity contribution in [1.82, 2.24) is 9.62 Å². The first kappa shape index (κ1) is 19.3. The first-order valence-corrected chi connectivity index (χ1v) is 10.0. The SMILES string of the molecule is CC.CC(O)c1ccc(S(=O)(=O)N2CCC3(CC2)NCCO3)cc1. The van der Waals surface area contributed by atoms with Gasteiger partial charge in [-0.3, -0.25) is 5.32 Å². The Hall–Kier alpha value is -0.990. The van der Waals surface area contributed by atoms with Crippen molar-refractivity contribution in [3.05, 3.63) is 29.8 Å². The maximum atomic E-state index is 12.7. The summed E-state index contributed by atoms with van der Waals surface area (Å²) in [5.74, 6) is 0. The van der Waals surface area contributed by atoms with Crippen molar-refractivity contribution >= 4 is 10.0 Å². The van der Waals surface area contributed by atoms with E-state index in [2.05, 4.69) is 5.32 Å². The molecule has 24 heavy (non-hydrogen) atoms. The molecule has 1 aromatic carbocycles. The maximum Gasteiger partial charge on any atom is 0.243 e. The fraction of sp³-hybridized carbons (Fsp3) is 0.647. The normalized spacial score (nSPS) is 22.0. The van der Waals surface area contributed by atoms with Gasteiger partial charge in [-0.2, -0.15) is 4.31 Å². The number of sulfonamides is 1. The molecule has 7 heteroatoms. The summed E-state index contributed by atoms with van der Waals surface area (Å²) in [4.78, 5) is 0.271. The third-order valence-electron chi connectivity index (χ3n) is 4.46. The molecule has 2 aliphatic rings. The lowest BCUT2D eigenvalue weighted by atomic mass is 10.0. The van der Waals surface area contributed by atoms with Gasteiger partial charge in [-0.25, -0.2) is 8.42 Å². The molecule has 0 aromatic heterocycles. The number of piperidine rings is 1. The van der Waals surface area contributed by atoms with E-state index in [1.807, 2.05) is 13.8 Å². The fourth-order valence-corrected chi connectivity index (χ4v) is 4.49. The third-order valence-corrected chi connectivity index (χ3v) is 6.37. The molecule has 3 rings (SSSR count). The van der Waals surface area contributed by atoms with Crippen LogP contribution >= 0.6 is 0 Å². The number of benzene rings is 1. The summed E-state index contributed by atoms with van der Waals surface area (Å²) in [5, 5.41) is 12.8. The van der Waals surface area contributed by atoms with E-state index in [0.717, 1.165) is 6.54 Å². The van der Waals surface area contributed by atoms with E-state index in [1.54, 1.807) is 31.2 Å². The zero-order valence-corrected chi connectivity index (χ0v) is 15.5. The average Bonchev–Trinajstić information content (AvgIpc) is 3.05. The number of rotatable bonds is 3. The number of nitrogens with zero attached hydrogens (tertiary/aromatic N) is 1. The molecule has 2 N–H and O–H groups in total. The molecule has 2 saturated heterocycles. The first-order chi connectivity index (χ1) is 11.4. The van der Waals surface area contributed by atoms with Gasteiger partial charge in [-0.05, 0) is 24.6 Å². The van der Waals surface area contributed by atoms with Crippen LogP contribution in [0.5, 0.6) is 0 Å². The molecule has 0 saturated carbocycles. The van der Waals surface area contributed by atoms with Crippen LogP contribution < -0.4 is 5.32 Å². The van der Waals surface area contributed by atoms with Gasteiger partial charge in [0.05, 0.1) is 17.6 Å². The highest BCUT2D eigenvalue weighted by Gasteiger charge is 2.41. The molecule has 1 unspecified atom stereocenters. The van der Waals surface area contributed by atoms with Gasteiger partial charge in [0.15, 0.2) is 0 Å². The van der Waals surface area contributed by atoms with Crippen LogP contribution in [-0.2, 0) is 14.8 Å². The second kappa shape index (κ2) is 7.93. The average molecular weight is 356 g/mol. The van der Waals surface area contributed by atoms with Crippen molar-refractivity contribution in [2.24, 2.45) is 0 Å². The van der Waals surface area contributed by atoms with E-state index >= 15 is 0 Å². The van der Waals surface area contributed by atoms with E-state index in [-0.39, 0.29) is 10.6 Å². The minimum absolute atomic E-state index is 0.271. The van der Waals surface area contributed by atoms with Crippen LogP contribution in [0.2, 0.25) is 0 Å². The molecule has 6 nitrogen and oxygen atoms in total. The minimum atomic E-state index is -3.48. The Kier molecular flexibility index (Phi) is 6.39. The zero-order chi connectivity index (χ0) is 17.8. The summed E-state index contributed by atoms with van der Waals surface area (Å²) in [6.45, 7) is 8.07. The summed E-state index contributed by atoms with van der Waals surface area (Å²) in [5.41, 5.74) is 0.377. The standard InChI is InChI=1S/C15H22N2O4S.C2H6/c1-12(18)13-2-4-14(5-3-13)22(19,20)17-9-6-15(7-10-17)16-8-11-21-15;1-2/h2-5,12,16,18H,6-11H2,1H3;1-2H3. The first-order valence-electron chi connectivity index (χ1n) is 8.60. The maximum absolute atomic E-state index is 12.7. The summed E-state index contributed by atoms with van der Waals surface area (Å²) in [7, 11) is -3.48. The van der Waals surface area contributed by atoms with Gasteiger partial charge in [0.25, 0.3) is 0 Å². The van der Waals surface area contributed by atoms with Crippen LogP contribution in [-0.4, -0.2) is 49.8 Å². The lowest BCUT2D eigenvalue weighted by Crippen LogP contribution is -2.52. The van der Waals surface area contributed by atoms with Crippen LogP contribution in [0.1, 0.15) is 45.3 Å². The van der Waals surface area contributed by atoms with E-state index in [1.165, 1.54) is 4.31 Å². The number of nitrogens with one attached hydrogen (secondary N) is 1. The van der Waals surface area contributed by atoms with Gasteiger partial charge >= 0.3 is 0 Å². The molecule has 2 heterocycles. The molecule has 136 valence electrons. The van der Waals surface area contributed by atoms with Crippen molar-refractivity contribution in [3.8, 4) is 0 Å². The molecular formula is C17H28N2O4S. The van der Waals surface area contributed by atoms with Crippen LogP contribution in [0.25, 0.3) is 0 Å². The quantitative estimate of drug-likeness (QED) is 0.864. The Morgan fingerprint density at radius 3 is 2.25 bits per heavy atom. The third kappa shape index (κ3) is 3.97. The van der Waals surface area contributed by atoms with Crippen molar-refractivity contribution < 1.29 is 18.3 Å². The predicted octanol–water partition coefficient (Wildman–Crippen LogP) is 1.87. The van der Waals surface area contributed by atoms with Crippen LogP contribution in [0.4, 0.5) is 0 Å². The summed E-state index contributed by atoms with van der Waals surface area (Å²) in [6, 6.07) is 6.44. The lowest BCUT2D eigenvalue weighted by Gasteiger charge is -2.37. The second-order valence-corrected chi connectivity index (χ2v) is 7.86. The Morgan fingerprint density at radius 1 is 1.21 bits per heavy atom. The largest absolute Gasteiger partial charge is 0.389 e. The van der Waals surface area contributed by atoms with E-state index in [0.29, 0.717) is 38.1 Å². The monoisotopic (exact) mass is 356 g/mol. The Balaban J connectivity index is 0.00000100. The van der Waals surface area contributed by atoms with Gasteiger partial charge in [0.1, 0.15) is 5.72 Å². The van der Waals surface area contributed by atoms with Gasteiger partial charge < -0.3 is 9.84 Å². The zero-order valence-electron chi connectivity index (χ0n) is 14.7.